The van der Waals surface area contributed by atoms with Gasteiger partial charge in [-0.05, 0) is 20.0 Å². The molecule has 126 valence electrons. The number of hydrogen-bond acceptors (Lipinski definition) is 6. The molecule has 1 aromatic carbocycles. The molecule has 0 radical (unpaired) electrons. The van der Waals surface area contributed by atoms with E-state index in [2.05, 4.69) is 5.32 Å². The molecule has 0 saturated heterocycles. The van der Waals surface area contributed by atoms with Crippen LogP contribution in [-0.4, -0.2) is 63.7 Å². The molecule has 0 unspecified atom stereocenters. The number of Topliss-reactive ketones (excluding diaryl/α,β-unsaturated/α-hetero) is 1. The summed E-state index contributed by atoms with van der Waals surface area (Å²) < 4.78 is 15.9. The Morgan fingerprint density at radius 1 is 1.26 bits per heavy atom. The Morgan fingerprint density at radius 2 is 1.91 bits per heavy atom. The average molecular weight is 322 g/mol. The Kier molecular flexibility index (Phi) is 5.95. The number of likely N-dealkylation sites (N-methyl/N-ethyl adjacent to an activating group) is 1. The Hall–Kier alpha value is -2.12. The fraction of sp³-hybridized carbons (Fsp3) is 0.500. The fourth-order valence-electron chi connectivity index (χ4n) is 2.24. The summed E-state index contributed by atoms with van der Waals surface area (Å²) in [5.41, 5.74) is 0.842. The van der Waals surface area contributed by atoms with Crippen LogP contribution >= 0.6 is 0 Å². The number of carbonyl (C=O) groups is 2. The maximum atomic E-state index is 12.2. The van der Waals surface area contributed by atoms with E-state index in [1.54, 1.807) is 19.2 Å². The van der Waals surface area contributed by atoms with Crippen molar-refractivity contribution in [1.29, 1.82) is 0 Å². The zero-order valence-electron chi connectivity index (χ0n) is 13.7. The van der Waals surface area contributed by atoms with Crippen molar-refractivity contribution in [2.75, 3.05) is 52.4 Å². The molecule has 1 heterocycles. The first kappa shape index (κ1) is 17.2. The Bertz CT molecular complexity index is 588. The molecule has 1 amide bonds. The van der Waals surface area contributed by atoms with Crippen molar-refractivity contribution in [3.63, 3.8) is 0 Å². The number of fused-ring (bicyclic) bond motifs is 1. The number of rotatable bonds is 7. The lowest BCUT2D eigenvalue weighted by molar-refractivity contribution is -0.117. The molecule has 0 bridgehead atoms. The topological polar surface area (TPSA) is 77.1 Å². The van der Waals surface area contributed by atoms with E-state index >= 15 is 0 Å². The third kappa shape index (κ3) is 4.67. The molecule has 2 rings (SSSR count). The van der Waals surface area contributed by atoms with E-state index in [0.717, 1.165) is 0 Å². The number of methoxy groups -OCH3 is 1. The van der Waals surface area contributed by atoms with Gasteiger partial charge in [0.2, 0.25) is 5.91 Å². The number of carbonyl (C=O) groups excluding carboxylic acids is 2. The Morgan fingerprint density at radius 3 is 2.52 bits per heavy atom. The van der Waals surface area contributed by atoms with Crippen LogP contribution in [0.15, 0.2) is 12.1 Å². The van der Waals surface area contributed by atoms with Gasteiger partial charge in [-0.2, -0.15) is 0 Å². The fourth-order valence-corrected chi connectivity index (χ4v) is 2.24. The van der Waals surface area contributed by atoms with Crippen LogP contribution in [0.25, 0.3) is 0 Å². The van der Waals surface area contributed by atoms with Gasteiger partial charge in [-0.25, -0.2) is 0 Å². The van der Waals surface area contributed by atoms with Crippen LogP contribution in [0, 0.1) is 0 Å². The monoisotopic (exact) mass is 322 g/mol. The van der Waals surface area contributed by atoms with Crippen molar-refractivity contribution in [2.45, 2.75) is 6.92 Å². The molecular weight excluding hydrogens is 300 g/mol. The predicted octanol–water partition coefficient (Wildman–Crippen LogP) is 1.18. The standard InChI is InChI=1S/C16H22N2O5/c1-11(19)12-8-14-15(23-7-6-22-14)9-13(12)17-16(20)10-18(2)4-5-21-3/h8-9H,4-7,10H2,1-3H3,(H,17,20). The molecule has 0 spiro atoms. The quantitative estimate of drug-likeness (QED) is 0.760. The van der Waals surface area contributed by atoms with Crippen molar-refractivity contribution in [2.24, 2.45) is 0 Å². The van der Waals surface area contributed by atoms with Gasteiger partial charge in [-0.15, -0.1) is 0 Å². The summed E-state index contributed by atoms with van der Waals surface area (Å²) in [4.78, 5) is 25.8. The van der Waals surface area contributed by atoms with E-state index in [1.165, 1.54) is 6.92 Å². The van der Waals surface area contributed by atoms with Gasteiger partial charge in [0.05, 0.1) is 18.8 Å². The van der Waals surface area contributed by atoms with E-state index in [9.17, 15) is 9.59 Å². The maximum Gasteiger partial charge on any atom is 0.238 e. The lowest BCUT2D eigenvalue weighted by Gasteiger charge is -2.21. The highest BCUT2D eigenvalue weighted by molar-refractivity contribution is 6.04. The second-order valence-electron chi connectivity index (χ2n) is 5.38. The number of benzene rings is 1. The van der Waals surface area contributed by atoms with Crippen molar-refractivity contribution in [3.8, 4) is 11.5 Å². The molecule has 0 fully saturated rings. The minimum Gasteiger partial charge on any atom is -0.486 e. The summed E-state index contributed by atoms with van der Waals surface area (Å²) in [7, 11) is 3.44. The first-order chi connectivity index (χ1) is 11.0. The van der Waals surface area contributed by atoms with E-state index < -0.39 is 0 Å². The number of hydrogen-bond donors (Lipinski definition) is 1. The summed E-state index contributed by atoms with van der Waals surface area (Å²) in [6, 6.07) is 3.25. The molecule has 1 aromatic rings. The molecule has 7 nitrogen and oxygen atoms in total. The average Bonchev–Trinajstić information content (AvgIpc) is 2.51. The van der Waals surface area contributed by atoms with Crippen molar-refractivity contribution in [3.05, 3.63) is 17.7 Å². The minimum absolute atomic E-state index is 0.148. The van der Waals surface area contributed by atoms with E-state index in [1.807, 2.05) is 11.9 Å². The lowest BCUT2D eigenvalue weighted by atomic mass is 10.1. The third-order valence-corrected chi connectivity index (χ3v) is 3.43. The molecule has 1 N–H and O–H groups in total. The largest absolute Gasteiger partial charge is 0.486 e. The van der Waals surface area contributed by atoms with Crippen LogP contribution < -0.4 is 14.8 Å². The molecule has 1 aliphatic rings. The first-order valence-corrected chi connectivity index (χ1v) is 7.43. The molecule has 0 atom stereocenters. The van der Waals surface area contributed by atoms with E-state index in [4.69, 9.17) is 14.2 Å². The molecule has 0 aliphatic carbocycles. The van der Waals surface area contributed by atoms with Gasteiger partial charge in [-0.3, -0.25) is 14.5 Å². The number of nitrogens with one attached hydrogen (secondary N) is 1. The molecule has 0 saturated carbocycles. The van der Waals surface area contributed by atoms with Gasteiger partial charge >= 0.3 is 0 Å². The van der Waals surface area contributed by atoms with Gasteiger partial charge in [-0.1, -0.05) is 0 Å². The van der Waals surface area contributed by atoms with E-state index in [0.29, 0.717) is 49.1 Å². The van der Waals surface area contributed by atoms with Crippen molar-refractivity contribution in [1.82, 2.24) is 4.90 Å². The van der Waals surface area contributed by atoms with Crippen LogP contribution in [-0.2, 0) is 9.53 Å². The third-order valence-electron chi connectivity index (χ3n) is 3.43. The Balaban J connectivity index is 2.11. The van der Waals surface area contributed by atoms with Crippen molar-refractivity contribution >= 4 is 17.4 Å². The van der Waals surface area contributed by atoms with E-state index in [-0.39, 0.29) is 18.2 Å². The highest BCUT2D eigenvalue weighted by atomic mass is 16.6. The second kappa shape index (κ2) is 7.94. The lowest BCUT2D eigenvalue weighted by Crippen LogP contribution is -2.32. The number of nitrogens with zero attached hydrogens (tertiary/aromatic N) is 1. The zero-order chi connectivity index (χ0) is 16.8. The summed E-state index contributed by atoms with van der Waals surface area (Å²) in [5, 5.41) is 2.77. The van der Waals surface area contributed by atoms with Gasteiger partial charge < -0.3 is 19.5 Å². The highest BCUT2D eigenvalue weighted by Gasteiger charge is 2.19. The highest BCUT2D eigenvalue weighted by Crippen LogP contribution is 2.35. The van der Waals surface area contributed by atoms with Gasteiger partial charge in [0, 0.05) is 25.3 Å². The molecule has 7 heteroatoms. The summed E-state index contributed by atoms with van der Waals surface area (Å²) >= 11 is 0. The summed E-state index contributed by atoms with van der Waals surface area (Å²) in [5.74, 6) is 0.703. The normalized spacial score (nSPS) is 13.0. The molecule has 1 aliphatic heterocycles. The number of amides is 1. The maximum absolute atomic E-state index is 12.2. The minimum atomic E-state index is -0.206. The van der Waals surface area contributed by atoms with Crippen LogP contribution in [0.2, 0.25) is 0 Å². The molecule has 0 aromatic heterocycles. The van der Waals surface area contributed by atoms with Crippen molar-refractivity contribution < 1.29 is 23.8 Å². The second-order valence-corrected chi connectivity index (χ2v) is 5.38. The van der Waals surface area contributed by atoms with Gasteiger partial charge in [0.25, 0.3) is 0 Å². The first-order valence-electron chi connectivity index (χ1n) is 7.43. The SMILES string of the molecule is COCCN(C)CC(=O)Nc1cc2c(cc1C(C)=O)OCCO2. The van der Waals surface area contributed by atoms with Gasteiger partial charge in [0.1, 0.15) is 13.2 Å². The number of ketones is 1. The molecule has 23 heavy (non-hydrogen) atoms. The van der Waals surface area contributed by atoms with Crippen LogP contribution in [0.4, 0.5) is 5.69 Å². The van der Waals surface area contributed by atoms with Crippen LogP contribution in [0.5, 0.6) is 11.5 Å². The van der Waals surface area contributed by atoms with Crippen LogP contribution in [0.1, 0.15) is 17.3 Å². The zero-order valence-corrected chi connectivity index (χ0v) is 13.7. The van der Waals surface area contributed by atoms with Gasteiger partial charge in [0.15, 0.2) is 17.3 Å². The predicted molar refractivity (Wildman–Crippen MR) is 85.4 cm³/mol. The number of anilines is 1. The van der Waals surface area contributed by atoms with Crippen LogP contribution in [0.3, 0.4) is 0 Å². The Labute approximate surface area is 135 Å². The summed E-state index contributed by atoms with van der Waals surface area (Å²) in [6.45, 7) is 3.73. The smallest absolute Gasteiger partial charge is 0.238 e. The number of ether oxygens (including phenoxy) is 3. The summed E-state index contributed by atoms with van der Waals surface area (Å²) in [6.07, 6.45) is 0. The molecular formula is C16H22N2O5.